The molecule has 0 atom stereocenters. The molecule has 0 aliphatic rings. The minimum Gasteiger partial charge on any atom is -0.445 e. The van der Waals surface area contributed by atoms with Crippen LogP contribution in [0.5, 0.6) is 0 Å². The van der Waals surface area contributed by atoms with Gasteiger partial charge in [0.1, 0.15) is 35.5 Å². The minimum absolute atomic E-state index is 0.0595. The summed E-state index contributed by atoms with van der Waals surface area (Å²) in [6.07, 6.45) is -1.49. The van der Waals surface area contributed by atoms with Gasteiger partial charge in [0.2, 0.25) is 11.8 Å². The van der Waals surface area contributed by atoms with Gasteiger partial charge in [0.05, 0.1) is 50.8 Å². The number of hydrogen-bond donors (Lipinski definition) is 0. The monoisotopic (exact) mass is 644 g/mol. The molecule has 0 bridgehead atoms. The van der Waals surface area contributed by atoms with Gasteiger partial charge in [-0.15, -0.1) is 0 Å². The summed E-state index contributed by atoms with van der Waals surface area (Å²) >= 11 is 0. The minimum atomic E-state index is -4.64. The van der Waals surface area contributed by atoms with E-state index in [4.69, 9.17) is 23.0 Å². The Hall–Kier alpha value is -4.34. The fourth-order valence-corrected chi connectivity index (χ4v) is 3.62. The summed E-state index contributed by atoms with van der Waals surface area (Å²) in [5, 5.41) is 0. The highest BCUT2D eigenvalue weighted by Gasteiger charge is 2.31. The lowest BCUT2D eigenvalue weighted by atomic mass is 10.1. The SMILES string of the molecule is Fc1cc(C(F)(F)F)ccc1/C=C/c1nc(COCCOCCOCc2coc(/C=C/c3ccc(C(F)(F)F)cc3F)n2)co1. The van der Waals surface area contributed by atoms with Crippen molar-refractivity contribution in [1.82, 2.24) is 9.97 Å². The summed E-state index contributed by atoms with van der Waals surface area (Å²) in [6, 6.07) is 4.41. The molecule has 0 N–H and O–H groups in total. The van der Waals surface area contributed by atoms with Gasteiger partial charge in [-0.25, -0.2) is 18.7 Å². The van der Waals surface area contributed by atoms with Gasteiger partial charge in [0, 0.05) is 23.3 Å². The van der Waals surface area contributed by atoms with Crippen molar-refractivity contribution in [2.75, 3.05) is 26.4 Å². The van der Waals surface area contributed by atoms with E-state index in [9.17, 15) is 35.1 Å². The highest BCUT2D eigenvalue weighted by Crippen LogP contribution is 2.31. The van der Waals surface area contributed by atoms with Gasteiger partial charge in [-0.05, 0) is 36.4 Å². The van der Waals surface area contributed by atoms with E-state index in [0.717, 1.165) is 24.3 Å². The van der Waals surface area contributed by atoms with Gasteiger partial charge in [-0.3, -0.25) is 0 Å². The molecule has 2 heterocycles. The molecule has 4 rings (SSSR count). The Kier molecular flexibility index (Phi) is 11.3. The van der Waals surface area contributed by atoms with Crippen LogP contribution in [0.2, 0.25) is 0 Å². The van der Waals surface area contributed by atoms with Crippen molar-refractivity contribution < 1.29 is 58.2 Å². The molecule has 0 spiro atoms. The molecule has 240 valence electrons. The van der Waals surface area contributed by atoms with Crippen molar-refractivity contribution in [2.24, 2.45) is 0 Å². The highest BCUT2D eigenvalue weighted by molar-refractivity contribution is 5.67. The largest absolute Gasteiger partial charge is 0.445 e. The predicted molar refractivity (Wildman–Crippen MR) is 144 cm³/mol. The number of aromatic nitrogens is 2. The zero-order valence-electron chi connectivity index (χ0n) is 23.1. The van der Waals surface area contributed by atoms with E-state index in [0.29, 0.717) is 23.5 Å². The molecule has 7 nitrogen and oxygen atoms in total. The second kappa shape index (κ2) is 15.1. The number of oxazole rings is 2. The molecule has 0 saturated heterocycles. The number of alkyl halides is 6. The van der Waals surface area contributed by atoms with E-state index < -0.39 is 35.1 Å². The van der Waals surface area contributed by atoms with Gasteiger partial charge >= 0.3 is 12.4 Å². The summed E-state index contributed by atoms with van der Waals surface area (Å²) in [6.45, 7) is 1.16. The summed E-state index contributed by atoms with van der Waals surface area (Å²) in [7, 11) is 0. The highest BCUT2D eigenvalue weighted by atomic mass is 19.4. The third-order valence-corrected chi connectivity index (χ3v) is 5.85. The second-order valence-electron chi connectivity index (χ2n) is 9.21. The Balaban J connectivity index is 1.08. The number of halogens is 8. The van der Waals surface area contributed by atoms with Gasteiger partial charge in [-0.1, -0.05) is 12.1 Å². The molecule has 2 aromatic carbocycles. The maximum atomic E-state index is 13.9. The van der Waals surface area contributed by atoms with Crippen LogP contribution >= 0.6 is 0 Å². The fraction of sp³-hybridized carbons (Fsp3) is 0.267. The topological polar surface area (TPSA) is 79.8 Å². The molecule has 0 fully saturated rings. The lowest BCUT2D eigenvalue weighted by Crippen LogP contribution is -2.09. The number of benzene rings is 2. The van der Waals surface area contributed by atoms with Crippen molar-refractivity contribution in [3.8, 4) is 0 Å². The third-order valence-electron chi connectivity index (χ3n) is 5.85. The zero-order valence-corrected chi connectivity index (χ0v) is 23.1. The van der Waals surface area contributed by atoms with Crippen molar-refractivity contribution >= 4 is 24.3 Å². The fourth-order valence-electron chi connectivity index (χ4n) is 3.62. The molecule has 4 aromatic rings. The Morgan fingerprint density at radius 1 is 0.578 bits per heavy atom. The number of hydrogen-bond acceptors (Lipinski definition) is 7. The molecule has 0 amide bonds. The van der Waals surface area contributed by atoms with E-state index in [1.165, 1.54) is 36.8 Å². The van der Waals surface area contributed by atoms with Crippen LogP contribution in [0, 0.1) is 11.6 Å². The van der Waals surface area contributed by atoms with Crippen molar-refractivity contribution in [3.63, 3.8) is 0 Å². The van der Waals surface area contributed by atoms with E-state index in [1.54, 1.807) is 0 Å². The molecule has 0 aliphatic heterocycles. The summed E-state index contributed by atoms with van der Waals surface area (Å²) in [5.41, 5.74) is -1.40. The maximum absolute atomic E-state index is 13.9. The van der Waals surface area contributed by atoms with Crippen LogP contribution in [0.15, 0.2) is 57.8 Å². The van der Waals surface area contributed by atoms with Gasteiger partial charge in [-0.2, -0.15) is 26.3 Å². The molecule has 0 unspecified atom stereocenters. The third kappa shape index (κ3) is 10.4. The molecule has 0 radical (unpaired) electrons. The molecule has 0 aliphatic carbocycles. The maximum Gasteiger partial charge on any atom is 0.416 e. The van der Waals surface area contributed by atoms with Crippen LogP contribution < -0.4 is 0 Å². The number of rotatable bonds is 14. The van der Waals surface area contributed by atoms with E-state index >= 15 is 0 Å². The van der Waals surface area contributed by atoms with Crippen LogP contribution in [-0.4, -0.2) is 36.4 Å². The summed E-state index contributed by atoms with van der Waals surface area (Å²) < 4.78 is 131. The molecule has 0 saturated carbocycles. The second-order valence-corrected chi connectivity index (χ2v) is 9.21. The van der Waals surface area contributed by atoms with Gasteiger partial charge in [0.25, 0.3) is 0 Å². The van der Waals surface area contributed by atoms with Crippen molar-refractivity contribution in [2.45, 2.75) is 25.6 Å². The first-order chi connectivity index (χ1) is 21.4. The average molecular weight is 645 g/mol. The molecule has 45 heavy (non-hydrogen) atoms. The van der Waals surface area contributed by atoms with Crippen LogP contribution in [0.4, 0.5) is 35.1 Å². The first kappa shape index (κ1) is 33.6. The van der Waals surface area contributed by atoms with Crippen LogP contribution in [-0.2, 0) is 39.8 Å². The lowest BCUT2D eigenvalue weighted by Gasteiger charge is -2.07. The molecular weight excluding hydrogens is 620 g/mol. The number of ether oxygens (including phenoxy) is 3. The van der Waals surface area contributed by atoms with Crippen LogP contribution in [0.1, 0.15) is 45.4 Å². The van der Waals surface area contributed by atoms with E-state index in [-0.39, 0.29) is 62.5 Å². The molecule has 15 heteroatoms. The normalized spacial score (nSPS) is 12.6. The Morgan fingerprint density at radius 3 is 1.36 bits per heavy atom. The number of nitrogens with zero attached hydrogens (tertiary/aromatic N) is 2. The first-order valence-electron chi connectivity index (χ1n) is 13.1. The van der Waals surface area contributed by atoms with Gasteiger partial charge in [0.15, 0.2) is 0 Å². The Labute approximate surface area is 250 Å². The van der Waals surface area contributed by atoms with Crippen molar-refractivity contribution in [3.05, 3.63) is 106 Å². The molecular formula is C30H24F8N2O5. The van der Waals surface area contributed by atoms with Gasteiger partial charge < -0.3 is 23.0 Å². The van der Waals surface area contributed by atoms with Crippen molar-refractivity contribution in [1.29, 1.82) is 0 Å². The Bertz CT molecular complexity index is 1490. The van der Waals surface area contributed by atoms with Crippen LogP contribution in [0.25, 0.3) is 24.3 Å². The Morgan fingerprint density at radius 2 is 0.978 bits per heavy atom. The van der Waals surface area contributed by atoms with E-state index in [2.05, 4.69) is 9.97 Å². The summed E-state index contributed by atoms with van der Waals surface area (Å²) in [4.78, 5) is 8.26. The first-order valence-corrected chi connectivity index (χ1v) is 13.1. The van der Waals surface area contributed by atoms with E-state index in [1.807, 2.05) is 0 Å². The average Bonchev–Trinajstić information content (AvgIpc) is 3.63. The summed E-state index contributed by atoms with van der Waals surface area (Å²) in [5.74, 6) is -1.83. The standard InChI is InChI=1S/C30H24F8N2O5/c31-25-13-21(29(33,34)35)5-1-19(25)3-7-27-39-23(17-44-27)15-42-11-9-41-10-12-43-16-24-18-45-28(40-24)8-4-20-2-6-22(14-26(20)32)30(36,37)38/h1-8,13-14,17-18H,9-12,15-16H2/b7-3+,8-4+. The predicted octanol–water partition coefficient (Wildman–Crippen LogP) is 8.07. The zero-order chi connectivity index (χ0) is 32.5. The smallest absolute Gasteiger partial charge is 0.416 e. The van der Waals surface area contributed by atoms with Crippen LogP contribution in [0.3, 0.4) is 0 Å². The lowest BCUT2D eigenvalue weighted by molar-refractivity contribution is -0.138. The quantitative estimate of drug-likeness (QED) is 0.102. The molecule has 2 aromatic heterocycles.